The fraction of sp³-hybridized carbons (Fsp3) is 0.370. The number of aromatic nitrogens is 1. The predicted molar refractivity (Wildman–Crippen MR) is 144 cm³/mol. The number of rotatable bonds is 8. The van der Waals surface area contributed by atoms with E-state index in [1.807, 2.05) is 19.1 Å². The zero-order valence-electron chi connectivity index (χ0n) is 20.9. The van der Waals surface area contributed by atoms with Crippen molar-refractivity contribution < 1.29 is 22.7 Å². The minimum atomic E-state index is -3.69. The van der Waals surface area contributed by atoms with Gasteiger partial charge in [-0.1, -0.05) is 23.7 Å². The molecular formula is C27H30ClN3O5S. The van der Waals surface area contributed by atoms with Gasteiger partial charge in [0, 0.05) is 48.7 Å². The van der Waals surface area contributed by atoms with Crippen LogP contribution in [0.3, 0.4) is 0 Å². The lowest BCUT2D eigenvalue weighted by atomic mass is 10.1. The third kappa shape index (κ3) is 6.59. The van der Waals surface area contributed by atoms with Gasteiger partial charge < -0.3 is 14.5 Å². The van der Waals surface area contributed by atoms with Crippen LogP contribution in [0, 0.1) is 6.92 Å². The Hall–Kier alpha value is -3.17. The molecular weight excluding hydrogens is 514 g/mol. The van der Waals surface area contributed by atoms with Crippen LogP contribution in [0.4, 0.5) is 5.69 Å². The molecule has 0 radical (unpaired) electrons. The molecule has 10 heteroatoms. The van der Waals surface area contributed by atoms with Crippen LogP contribution in [0.2, 0.25) is 5.02 Å². The third-order valence-corrected chi connectivity index (χ3v) is 8.42. The zero-order valence-corrected chi connectivity index (χ0v) is 22.5. The van der Waals surface area contributed by atoms with E-state index >= 15 is 0 Å². The maximum Gasteiger partial charge on any atom is 0.307 e. The number of esters is 1. The molecule has 4 rings (SSSR count). The minimum Gasteiger partial charge on any atom is -0.466 e. The van der Waals surface area contributed by atoms with Gasteiger partial charge in [-0.05, 0) is 61.0 Å². The fourth-order valence-corrected chi connectivity index (χ4v) is 6.05. The van der Waals surface area contributed by atoms with Gasteiger partial charge in [0.05, 0.1) is 29.7 Å². The largest absolute Gasteiger partial charge is 0.466 e. The molecule has 1 amide bonds. The quantitative estimate of drug-likeness (QED) is 0.396. The number of amides is 1. The van der Waals surface area contributed by atoms with Gasteiger partial charge in [-0.3, -0.25) is 14.6 Å². The van der Waals surface area contributed by atoms with Crippen molar-refractivity contribution in [1.82, 2.24) is 9.88 Å². The number of hydrogen-bond donors (Lipinski definition) is 0. The average molecular weight is 544 g/mol. The normalized spacial score (nSPS) is 16.1. The molecule has 1 aromatic heterocycles. The fourth-order valence-electron chi connectivity index (χ4n) is 4.60. The smallest absolute Gasteiger partial charge is 0.307 e. The molecule has 0 N–H and O–H groups in total. The molecule has 1 saturated heterocycles. The van der Waals surface area contributed by atoms with E-state index in [9.17, 15) is 18.0 Å². The number of piperazine rings is 1. The highest BCUT2D eigenvalue weighted by Gasteiger charge is 2.33. The van der Waals surface area contributed by atoms with Gasteiger partial charge >= 0.3 is 5.97 Å². The molecule has 0 spiro atoms. The summed E-state index contributed by atoms with van der Waals surface area (Å²) in [5, 5.41) is 2.17. The molecule has 3 aromatic rings. The van der Waals surface area contributed by atoms with Crippen LogP contribution in [-0.2, 0) is 24.2 Å². The molecule has 8 nitrogen and oxygen atoms in total. The van der Waals surface area contributed by atoms with Crippen molar-refractivity contribution in [3.63, 3.8) is 0 Å². The second-order valence-corrected chi connectivity index (χ2v) is 11.6. The highest BCUT2D eigenvalue weighted by atomic mass is 35.5. The number of carbonyl (C=O) groups is 2. The first-order valence-corrected chi connectivity index (χ1v) is 14.2. The number of carbonyl (C=O) groups excluding carboxylic acids is 2. The van der Waals surface area contributed by atoms with Gasteiger partial charge in [0.15, 0.2) is 9.84 Å². The van der Waals surface area contributed by atoms with Crippen molar-refractivity contribution in [2.45, 2.75) is 37.6 Å². The lowest BCUT2D eigenvalue weighted by molar-refractivity contribution is -0.146. The van der Waals surface area contributed by atoms with Crippen LogP contribution in [-0.4, -0.2) is 68.2 Å². The lowest BCUT2D eigenvalue weighted by Gasteiger charge is -2.42. The summed E-state index contributed by atoms with van der Waals surface area (Å²) >= 11 is 6.02. The molecule has 0 saturated carbocycles. The number of fused-ring (bicyclic) bond motifs is 1. The van der Waals surface area contributed by atoms with Gasteiger partial charge in [-0.25, -0.2) is 8.42 Å². The number of nitrogens with zero attached hydrogens (tertiary/aromatic N) is 3. The average Bonchev–Trinajstić information content (AvgIpc) is 2.87. The van der Waals surface area contributed by atoms with E-state index in [2.05, 4.69) is 9.88 Å². The number of benzene rings is 2. The first-order chi connectivity index (χ1) is 17.7. The van der Waals surface area contributed by atoms with Gasteiger partial charge in [0.2, 0.25) is 5.91 Å². The SMILES string of the molecule is CCOC(=O)CC1CN(c2ccnc(C)c2)CCN1C(=O)CCS(=O)(=O)c1ccc2cc(Cl)ccc2c1. The van der Waals surface area contributed by atoms with Crippen LogP contribution < -0.4 is 4.90 Å². The highest BCUT2D eigenvalue weighted by molar-refractivity contribution is 7.91. The molecule has 2 heterocycles. The van der Waals surface area contributed by atoms with E-state index in [1.165, 1.54) is 6.07 Å². The molecule has 0 aliphatic carbocycles. The lowest BCUT2D eigenvalue weighted by Crippen LogP contribution is -2.56. The highest BCUT2D eigenvalue weighted by Crippen LogP contribution is 2.25. The zero-order chi connectivity index (χ0) is 26.6. The molecule has 1 atom stereocenters. The van der Waals surface area contributed by atoms with E-state index in [4.69, 9.17) is 16.3 Å². The number of anilines is 1. The number of hydrogen-bond acceptors (Lipinski definition) is 7. The molecule has 1 aliphatic rings. The molecule has 1 aliphatic heterocycles. The van der Waals surface area contributed by atoms with Crippen molar-refractivity contribution in [3.05, 3.63) is 65.4 Å². The van der Waals surface area contributed by atoms with Crippen molar-refractivity contribution in [2.24, 2.45) is 0 Å². The Morgan fingerprint density at radius 3 is 2.59 bits per heavy atom. The molecule has 196 valence electrons. The number of ether oxygens (including phenoxy) is 1. The Morgan fingerprint density at radius 2 is 1.84 bits per heavy atom. The summed E-state index contributed by atoms with van der Waals surface area (Å²) in [6.07, 6.45) is 1.60. The second-order valence-electron chi connectivity index (χ2n) is 9.07. The van der Waals surface area contributed by atoms with Crippen LogP contribution in [0.15, 0.2) is 59.6 Å². The van der Waals surface area contributed by atoms with Crippen molar-refractivity contribution >= 4 is 49.8 Å². The van der Waals surface area contributed by atoms with Crippen molar-refractivity contribution in [3.8, 4) is 0 Å². The molecule has 0 bridgehead atoms. The third-order valence-electron chi connectivity index (χ3n) is 6.47. The standard InChI is InChI=1S/C27H30ClN3O5S/c1-3-36-27(33)17-24-18-30(23-8-10-29-19(2)14-23)11-12-31(24)26(32)9-13-37(34,35)25-7-5-20-15-22(28)6-4-21(20)16-25/h4-8,10,14-16,24H,3,9,11-13,17-18H2,1-2H3. The summed E-state index contributed by atoms with van der Waals surface area (Å²) in [4.78, 5) is 33.7. The number of halogens is 1. The molecule has 2 aromatic carbocycles. The minimum absolute atomic E-state index is 0.0418. The Balaban J connectivity index is 1.47. The maximum absolute atomic E-state index is 13.2. The summed E-state index contributed by atoms with van der Waals surface area (Å²) in [7, 11) is -3.69. The van der Waals surface area contributed by atoms with Crippen LogP contribution in [0.25, 0.3) is 10.8 Å². The second kappa shape index (κ2) is 11.5. The number of aryl methyl sites for hydroxylation is 1. The van der Waals surface area contributed by atoms with Crippen LogP contribution >= 0.6 is 11.6 Å². The summed E-state index contributed by atoms with van der Waals surface area (Å²) in [6, 6.07) is 13.5. The number of pyridine rings is 1. The first kappa shape index (κ1) is 26.9. The predicted octanol–water partition coefficient (Wildman–Crippen LogP) is 4.03. The van der Waals surface area contributed by atoms with Crippen LogP contribution in [0.1, 0.15) is 25.5 Å². The van der Waals surface area contributed by atoms with Crippen LogP contribution in [0.5, 0.6) is 0 Å². The summed E-state index contributed by atoms with van der Waals surface area (Å²) < 4.78 is 31.3. The van der Waals surface area contributed by atoms with Crippen molar-refractivity contribution in [1.29, 1.82) is 0 Å². The Morgan fingerprint density at radius 1 is 1.08 bits per heavy atom. The van der Waals surface area contributed by atoms with Gasteiger partial charge in [0.1, 0.15) is 0 Å². The summed E-state index contributed by atoms with van der Waals surface area (Å²) in [5.74, 6) is -1.00. The van der Waals surface area contributed by atoms with Crippen molar-refractivity contribution in [2.75, 3.05) is 36.9 Å². The molecule has 1 unspecified atom stereocenters. The Kier molecular flexibility index (Phi) is 8.34. The topological polar surface area (TPSA) is 96.9 Å². The Bertz CT molecular complexity index is 1410. The van der Waals surface area contributed by atoms with Gasteiger partial charge in [0.25, 0.3) is 0 Å². The first-order valence-electron chi connectivity index (χ1n) is 12.2. The van der Waals surface area contributed by atoms with E-state index in [1.54, 1.807) is 48.4 Å². The Labute approximate surface area is 222 Å². The van der Waals surface area contributed by atoms with E-state index in [0.717, 1.165) is 22.2 Å². The summed E-state index contributed by atoms with van der Waals surface area (Å²) in [6.45, 7) is 5.27. The van der Waals surface area contributed by atoms with Gasteiger partial charge in [-0.15, -0.1) is 0 Å². The number of sulfone groups is 1. The monoisotopic (exact) mass is 543 g/mol. The van der Waals surface area contributed by atoms with E-state index < -0.39 is 15.9 Å². The molecule has 37 heavy (non-hydrogen) atoms. The van der Waals surface area contributed by atoms with E-state index in [0.29, 0.717) is 24.7 Å². The maximum atomic E-state index is 13.2. The van der Waals surface area contributed by atoms with Gasteiger partial charge in [-0.2, -0.15) is 0 Å². The molecule has 1 fully saturated rings. The van der Waals surface area contributed by atoms with E-state index in [-0.39, 0.29) is 42.0 Å². The summed E-state index contributed by atoms with van der Waals surface area (Å²) in [5.41, 5.74) is 1.84.